The van der Waals surface area contributed by atoms with Crippen LogP contribution >= 0.6 is 15.9 Å². The first-order valence-corrected chi connectivity index (χ1v) is 6.98. The predicted molar refractivity (Wildman–Crippen MR) is 88.6 cm³/mol. The summed E-state index contributed by atoms with van der Waals surface area (Å²) in [5.41, 5.74) is 6.49. The Balaban J connectivity index is 2.64. The number of nitro groups is 1. The minimum Gasteiger partial charge on any atom is -0.507 e. The van der Waals surface area contributed by atoms with Gasteiger partial charge >= 0.3 is 0 Å². The Morgan fingerprint density at radius 2 is 1.86 bits per heavy atom. The van der Waals surface area contributed by atoms with Crippen LogP contribution in [-0.4, -0.2) is 15.9 Å². The van der Waals surface area contributed by atoms with Crippen molar-refractivity contribution >= 4 is 38.8 Å². The molecule has 0 spiro atoms. The third-order valence-electron chi connectivity index (χ3n) is 2.99. The zero-order valence-electron chi connectivity index (χ0n) is 11.3. The summed E-state index contributed by atoms with van der Waals surface area (Å²) in [6.45, 7) is 0. The first-order chi connectivity index (χ1) is 10.4. The van der Waals surface area contributed by atoms with Gasteiger partial charge in [-0.25, -0.2) is 0 Å². The summed E-state index contributed by atoms with van der Waals surface area (Å²) >= 11 is 3.22. The van der Waals surface area contributed by atoms with Crippen molar-refractivity contribution < 1.29 is 10.0 Å². The van der Waals surface area contributed by atoms with Crippen molar-refractivity contribution in [2.24, 2.45) is 5.73 Å². The van der Waals surface area contributed by atoms with Crippen molar-refractivity contribution in [3.8, 4) is 0 Å². The number of nitrogens with zero attached hydrogens (tertiary/aromatic N) is 1. The maximum atomic E-state index is 10.8. The molecule has 7 heteroatoms. The summed E-state index contributed by atoms with van der Waals surface area (Å²) < 4.78 is 0.370. The number of nitro benzene ring substituents is 1. The lowest BCUT2D eigenvalue weighted by Crippen LogP contribution is -2.14. The Kier molecular flexibility index (Phi) is 4.57. The Morgan fingerprint density at radius 3 is 2.36 bits per heavy atom. The molecule has 0 aromatic heterocycles. The van der Waals surface area contributed by atoms with Crippen LogP contribution in [0.15, 0.2) is 53.0 Å². The Hall–Kier alpha value is -2.67. The van der Waals surface area contributed by atoms with Crippen LogP contribution in [0.4, 0.5) is 5.69 Å². The molecule has 112 valence electrons. The molecular formula is C15H12BrN3O3. The average molecular weight is 362 g/mol. The number of aliphatic hydroxyl groups is 1. The van der Waals surface area contributed by atoms with Gasteiger partial charge in [-0.3, -0.25) is 15.5 Å². The van der Waals surface area contributed by atoms with Crippen molar-refractivity contribution in [3.63, 3.8) is 0 Å². The number of hydrogen-bond donors (Lipinski definition) is 3. The molecule has 0 bridgehead atoms. The topological polar surface area (TPSA) is 113 Å². The van der Waals surface area contributed by atoms with Crippen LogP contribution in [-0.2, 0) is 0 Å². The van der Waals surface area contributed by atoms with E-state index in [1.165, 1.54) is 18.2 Å². The number of benzene rings is 2. The van der Waals surface area contributed by atoms with E-state index in [0.717, 1.165) is 0 Å². The van der Waals surface area contributed by atoms with Gasteiger partial charge in [0.2, 0.25) is 0 Å². The van der Waals surface area contributed by atoms with Crippen molar-refractivity contribution in [1.82, 2.24) is 0 Å². The molecule has 22 heavy (non-hydrogen) atoms. The number of nitrogens with one attached hydrogen (secondary N) is 1. The Labute approximate surface area is 134 Å². The summed E-state index contributed by atoms with van der Waals surface area (Å²) in [4.78, 5) is 10.3. The zero-order chi connectivity index (χ0) is 16.3. The monoisotopic (exact) mass is 361 g/mol. The van der Waals surface area contributed by atoms with Gasteiger partial charge in [-0.15, -0.1) is 0 Å². The highest BCUT2D eigenvalue weighted by Gasteiger charge is 2.18. The van der Waals surface area contributed by atoms with E-state index in [1.54, 1.807) is 30.3 Å². The third-order valence-corrected chi connectivity index (χ3v) is 3.64. The van der Waals surface area contributed by atoms with E-state index < -0.39 is 4.92 Å². The van der Waals surface area contributed by atoms with E-state index in [9.17, 15) is 15.2 Å². The van der Waals surface area contributed by atoms with Crippen LogP contribution in [0.1, 0.15) is 11.1 Å². The largest absolute Gasteiger partial charge is 0.507 e. The molecule has 0 radical (unpaired) electrons. The summed E-state index contributed by atoms with van der Waals surface area (Å²) in [7, 11) is 0. The third kappa shape index (κ3) is 3.15. The molecule has 0 amide bonds. The van der Waals surface area contributed by atoms with Crippen LogP contribution < -0.4 is 5.73 Å². The second-order valence-corrected chi connectivity index (χ2v) is 5.28. The summed E-state index contributed by atoms with van der Waals surface area (Å²) in [6.07, 6.45) is 0. The molecule has 0 aliphatic heterocycles. The molecule has 0 fully saturated rings. The summed E-state index contributed by atoms with van der Waals surface area (Å²) in [5, 5.41) is 28.9. The second kappa shape index (κ2) is 6.40. The predicted octanol–water partition coefficient (Wildman–Crippen LogP) is 3.72. The lowest BCUT2D eigenvalue weighted by Gasteiger charge is -2.12. The molecule has 4 N–H and O–H groups in total. The summed E-state index contributed by atoms with van der Waals surface area (Å²) in [6, 6.07) is 12.7. The quantitative estimate of drug-likeness (QED) is 0.192. The molecule has 0 saturated heterocycles. The number of halogens is 1. The fourth-order valence-corrected chi connectivity index (χ4v) is 2.53. The van der Waals surface area contributed by atoms with Gasteiger partial charge in [0.25, 0.3) is 5.69 Å². The molecule has 0 atom stereocenters. The zero-order valence-corrected chi connectivity index (χ0v) is 12.9. The average Bonchev–Trinajstić information content (AvgIpc) is 2.49. The minimum atomic E-state index is -0.525. The van der Waals surface area contributed by atoms with Gasteiger partial charge in [-0.1, -0.05) is 30.3 Å². The Bertz CT molecular complexity index is 773. The number of non-ortho nitro benzene ring substituents is 1. The molecule has 0 saturated carbocycles. The lowest BCUT2D eigenvalue weighted by atomic mass is 10.00. The van der Waals surface area contributed by atoms with Gasteiger partial charge in [0.15, 0.2) is 0 Å². The highest BCUT2D eigenvalue weighted by atomic mass is 79.9. The molecule has 0 heterocycles. The minimum absolute atomic E-state index is 0.0993. The Morgan fingerprint density at radius 1 is 1.23 bits per heavy atom. The number of rotatable bonds is 4. The standard InChI is InChI=1S/C15H12BrN3O3/c16-12-8-10(19(21)22)6-7-11(12)13(15(17)18)14(20)9-4-2-1-3-5-9/h1-8,20H,(H3,17,18)/b14-13+. The van der Waals surface area contributed by atoms with Crippen LogP contribution in [0.5, 0.6) is 0 Å². The molecule has 0 aliphatic carbocycles. The van der Waals surface area contributed by atoms with Crippen LogP contribution in [0.2, 0.25) is 0 Å². The van der Waals surface area contributed by atoms with Crippen LogP contribution in [0.3, 0.4) is 0 Å². The molecule has 2 rings (SSSR count). The SMILES string of the molecule is N=C(N)/C(=C(/O)c1ccccc1)c1ccc([N+](=O)[O-])cc1Br. The number of aliphatic hydroxyl groups excluding tert-OH is 1. The summed E-state index contributed by atoms with van der Waals surface area (Å²) in [5.74, 6) is -0.501. The van der Waals surface area contributed by atoms with E-state index in [4.69, 9.17) is 11.1 Å². The second-order valence-electron chi connectivity index (χ2n) is 4.42. The first kappa shape index (κ1) is 15.7. The van der Waals surface area contributed by atoms with Gasteiger partial charge in [0.05, 0.1) is 10.5 Å². The molecular weight excluding hydrogens is 350 g/mol. The first-order valence-electron chi connectivity index (χ1n) is 6.19. The molecule has 6 nitrogen and oxygen atoms in total. The van der Waals surface area contributed by atoms with Gasteiger partial charge in [-0.2, -0.15) is 0 Å². The fourth-order valence-electron chi connectivity index (χ4n) is 1.96. The van der Waals surface area contributed by atoms with Gasteiger partial charge in [-0.05, 0) is 22.0 Å². The van der Waals surface area contributed by atoms with E-state index in [2.05, 4.69) is 15.9 Å². The molecule has 0 unspecified atom stereocenters. The number of hydrogen-bond acceptors (Lipinski definition) is 4. The van der Waals surface area contributed by atoms with Crippen molar-refractivity contribution in [2.45, 2.75) is 0 Å². The lowest BCUT2D eigenvalue weighted by molar-refractivity contribution is -0.384. The smallest absolute Gasteiger partial charge is 0.270 e. The highest BCUT2D eigenvalue weighted by molar-refractivity contribution is 9.10. The number of nitrogens with two attached hydrogens (primary N) is 1. The van der Waals surface area contributed by atoms with E-state index in [-0.39, 0.29) is 22.9 Å². The van der Waals surface area contributed by atoms with Crippen molar-refractivity contribution in [2.75, 3.05) is 0 Å². The van der Waals surface area contributed by atoms with Crippen LogP contribution in [0.25, 0.3) is 11.3 Å². The normalized spacial score (nSPS) is 11.7. The highest BCUT2D eigenvalue weighted by Crippen LogP contribution is 2.32. The maximum absolute atomic E-state index is 10.8. The van der Waals surface area contributed by atoms with E-state index >= 15 is 0 Å². The molecule has 0 aliphatic rings. The molecule has 2 aromatic carbocycles. The molecule has 2 aromatic rings. The maximum Gasteiger partial charge on any atom is 0.270 e. The van der Waals surface area contributed by atoms with Crippen molar-refractivity contribution in [3.05, 3.63) is 74.2 Å². The van der Waals surface area contributed by atoms with E-state index in [1.807, 2.05) is 0 Å². The van der Waals surface area contributed by atoms with E-state index in [0.29, 0.717) is 15.6 Å². The van der Waals surface area contributed by atoms with Gasteiger partial charge in [0, 0.05) is 27.7 Å². The van der Waals surface area contributed by atoms with Crippen molar-refractivity contribution in [1.29, 1.82) is 5.41 Å². The fraction of sp³-hybridized carbons (Fsp3) is 0. The van der Waals surface area contributed by atoms with Gasteiger partial charge in [0.1, 0.15) is 11.6 Å². The number of amidine groups is 1. The van der Waals surface area contributed by atoms with Gasteiger partial charge < -0.3 is 10.8 Å². The van der Waals surface area contributed by atoms with Crippen LogP contribution in [0, 0.1) is 15.5 Å².